The molecule has 2 aliphatic heterocycles. The van der Waals surface area contributed by atoms with Crippen LogP contribution in [0.5, 0.6) is 0 Å². The largest absolute Gasteiger partial charge is 0.512 e. The third-order valence-electron chi connectivity index (χ3n) is 7.17. The molecule has 2 fully saturated rings. The number of hydrogen-bond donors (Lipinski definition) is 1. The van der Waals surface area contributed by atoms with Crippen LogP contribution in [-0.2, 0) is 0 Å². The first-order chi connectivity index (χ1) is 15.6. The molecule has 9 nitrogen and oxygen atoms in total. The first-order valence-corrected chi connectivity index (χ1v) is 11.1. The predicted octanol–water partition coefficient (Wildman–Crippen LogP) is 3.19. The first kappa shape index (κ1) is 23.0. The maximum absolute atomic E-state index is 15.5. The summed E-state index contributed by atoms with van der Waals surface area (Å²) in [5.74, 6) is 1.22. The Labute approximate surface area is 193 Å². The van der Waals surface area contributed by atoms with E-state index in [1.165, 1.54) is 4.80 Å². The average Bonchev–Trinajstić information content (AvgIpc) is 3.31. The monoisotopic (exact) mass is 454 g/mol. The van der Waals surface area contributed by atoms with Crippen LogP contribution in [0.1, 0.15) is 44.6 Å². The van der Waals surface area contributed by atoms with E-state index in [-0.39, 0.29) is 11.8 Å². The van der Waals surface area contributed by atoms with Crippen molar-refractivity contribution in [2.24, 2.45) is 0 Å². The summed E-state index contributed by atoms with van der Waals surface area (Å²) < 4.78 is 15.5. The van der Waals surface area contributed by atoms with Crippen molar-refractivity contribution in [2.75, 3.05) is 19.0 Å². The highest BCUT2D eigenvalue weighted by Gasteiger charge is 2.55. The Bertz CT molecular complexity index is 1090. The lowest BCUT2D eigenvalue weighted by atomic mass is 9.84. The van der Waals surface area contributed by atoms with Crippen molar-refractivity contribution in [3.8, 4) is 0 Å². The SMILES string of the molecule is C=C(/C=C\C(=C(/C)O)c1ccc(N(C)[C@@H]2CC3CC[C@@](C)([C@H]2F)N3C)nn1)n1nnc(C)n1. The molecule has 0 spiro atoms. The molecule has 1 unspecified atom stereocenters. The highest BCUT2D eigenvalue weighted by molar-refractivity contribution is 5.75. The van der Waals surface area contributed by atoms with Crippen molar-refractivity contribution in [1.29, 1.82) is 0 Å². The molecule has 0 saturated carbocycles. The van der Waals surface area contributed by atoms with Crippen molar-refractivity contribution < 1.29 is 9.50 Å². The highest BCUT2D eigenvalue weighted by atomic mass is 19.1. The third kappa shape index (κ3) is 4.15. The first-order valence-electron chi connectivity index (χ1n) is 11.1. The standard InChI is InChI=1S/C23H31FN8O/c1-14(32-28-16(3)25-29-32)7-8-18(15(2)33)19-9-10-21(27-26-19)30(5)20-13-17-11-12-23(4,22(20)24)31(17)6/h7-10,17,20,22,33H,1,11-13H2,2-6H3/b8-7-,18-15-/t17?,20-,22+,23+/m1/s1. The van der Waals surface area contributed by atoms with Crippen molar-refractivity contribution in [2.45, 2.75) is 63.8 Å². The lowest BCUT2D eigenvalue weighted by molar-refractivity contribution is 0.00185. The van der Waals surface area contributed by atoms with Crippen LogP contribution in [0, 0.1) is 6.92 Å². The minimum atomic E-state index is -0.981. The summed E-state index contributed by atoms with van der Waals surface area (Å²) in [6, 6.07) is 3.72. The lowest BCUT2D eigenvalue weighted by Crippen LogP contribution is -2.62. The summed E-state index contributed by atoms with van der Waals surface area (Å²) in [5.41, 5.74) is 1.02. The fraction of sp³-hybridized carbons (Fsp3) is 0.522. The van der Waals surface area contributed by atoms with Crippen LogP contribution < -0.4 is 4.90 Å². The summed E-state index contributed by atoms with van der Waals surface area (Å²) in [6.07, 6.45) is 5.01. The summed E-state index contributed by atoms with van der Waals surface area (Å²) in [6.45, 7) is 9.24. The zero-order valence-electron chi connectivity index (χ0n) is 19.8. The van der Waals surface area contributed by atoms with Gasteiger partial charge in [0.05, 0.1) is 28.7 Å². The average molecular weight is 455 g/mol. The molecular formula is C23H31FN8O. The molecule has 0 radical (unpaired) electrons. The maximum atomic E-state index is 15.5. The number of aryl methyl sites for hydroxylation is 1. The molecule has 2 aliphatic rings. The van der Waals surface area contributed by atoms with E-state index in [0.29, 0.717) is 34.6 Å². The van der Waals surface area contributed by atoms with Gasteiger partial charge in [0.1, 0.15) is 6.17 Å². The van der Waals surface area contributed by atoms with Gasteiger partial charge < -0.3 is 10.0 Å². The maximum Gasteiger partial charge on any atom is 0.172 e. The van der Waals surface area contributed by atoms with E-state index in [1.807, 2.05) is 32.0 Å². The molecule has 2 bridgehead atoms. The zero-order valence-corrected chi connectivity index (χ0v) is 19.8. The summed E-state index contributed by atoms with van der Waals surface area (Å²) >= 11 is 0. The summed E-state index contributed by atoms with van der Waals surface area (Å²) in [7, 11) is 3.91. The molecule has 176 valence electrons. The van der Waals surface area contributed by atoms with Crippen LogP contribution in [0.25, 0.3) is 11.3 Å². The van der Waals surface area contributed by atoms with Crippen LogP contribution in [0.2, 0.25) is 0 Å². The number of allylic oxidation sites excluding steroid dienone is 5. The van der Waals surface area contributed by atoms with Gasteiger partial charge in [-0.05, 0) is 76.6 Å². The van der Waals surface area contributed by atoms with Gasteiger partial charge in [-0.1, -0.05) is 6.58 Å². The number of halogens is 1. The highest BCUT2D eigenvalue weighted by Crippen LogP contribution is 2.46. The zero-order chi connectivity index (χ0) is 23.9. The molecule has 2 aromatic heterocycles. The van der Waals surface area contributed by atoms with Crippen molar-refractivity contribution >= 4 is 17.1 Å². The molecule has 4 heterocycles. The van der Waals surface area contributed by atoms with Gasteiger partial charge in [-0.2, -0.15) is 0 Å². The number of nitrogens with zero attached hydrogens (tertiary/aromatic N) is 8. The predicted molar refractivity (Wildman–Crippen MR) is 125 cm³/mol. The molecule has 1 N–H and O–H groups in total. The molecule has 4 atom stereocenters. The number of anilines is 1. The van der Waals surface area contributed by atoms with E-state index in [2.05, 4.69) is 37.1 Å². The summed E-state index contributed by atoms with van der Waals surface area (Å²) in [4.78, 5) is 5.41. The second-order valence-corrected chi connectivity index (χ2v) is 9.20. The van der Waals surface area contributed by atoms with E-state index >= 15 is 4.39 Å². The van der Waals surface area contributed by atoms with Gasteiger partial charge in [0.2, 0.25) is 0 Å². The van der Waals surface area contributed by atoms with E-state index in [1.54, 1.807) is 32.1 Å². The van der Waals surface area contributed by atoms with E-state index in [4.69, 9.17) is 0 Å². The van der Waals surface area contributed by atoms with E-state index in [9.17, 15) is 5.11 Å². The number of piperidine rings is 1. The van der Waals surface area contributed by atoms with Gasteiger partial charge in [-0.3, -0.25) is 4.90 Å². The fourth-order valence-electron chi connectivity index (χ4n) is 4.89. The third-order valence-corrected chi connectivity index (χ3v) is 7.17. The van der Waals surface area contributed by atoms with Crippen LogP contribution in [-0.4, -0.2) is 78.3 Å². The Morgan fingerprint density at radius 1 is 1.30 bits per heavy atom. The van der Waals surface area contributed by atoms with Crippen molar-refractivity contribution in [3.63, 3.8) is 0 Å². The van der Waals surface area contributed by atoms with Crippen LogP contribution in [0.3, 0.4) is 0 Å². The Morgan fingerprint density at radius 3 is 2.67 bits per heavy atom. The normalized spacial score (nSPS) is 28.2. The number of alkyl halides is 1. The van der Waals surface area contributed by atoms with Crippen LogP contribution in [0.15, 0.2) is 36.6 Å². The van der Waals surface area contributed by atoms with Crippen molar-refractivity contribution in [3.05, 3.63) is 48.1 Å². The van der Waals surface area contributed by atoms with E-state index < -0.39 is 11.7 Å². The molecule has 0 aromatic carbocycles. The molecule has 0 aliphatic carbocycles. The fourth-order valence-corrected chi connectivity index (χ4v) is 4.89. The Hall–Kier alpha value is -3.14. The van der Waals surface area contributed by atoms with Gasteiger partial charge in [0, 0.05) is 18.7 Å². The van der Waals surface area contributed by atoms with Gasteiger partial charge in [0.25, 0.3) is 0 Å². The second kappa shape index (κ2) is 8.66. The number of tetrazole rings is 1. The van der Waals surface area contributed by atoms with Gasteiger partial charge in [-0.15, -0.1) is 25.2 Å². The molecule has 2 aromatic rings. The van der Waals surface area contributed by atoms with E-state index in [0.717, 1.165) is 19.3 Å². The number of aliphatic hydroxyl groups excluding tert-OH is 1. The number of fused-ring (bicyclic) bond motifs is 2. The number of aromatic nitrogens is 6. The molecule has 4 rings (SSSR count). The molecular weight excluding hydrogens is 423 g/mol. The van der Waals surface area contributed by atoms with Crippen LogP contribution >= 0.6 is 0 Å². The molecule has 2 saturated heterocycles. The van der Waals surface area contributed by atoms with Crippen LogP contribution in [0.4, 0.5) is 10.2 Å². The Balaban J connectivity index is 1.51. The second-order valence-electron chi connectivity index (χ2n) is 9.20. The topological polar surface area (TPSA) is 96.1 Å². The van der Waals surface area contributed by atoms with Crippen molar-refractivity contribution in [1.82, 2.24) is 35.3 Å². The number of aliphatic hydroxyl groups is 1. The molecule has 0 amide bonds. The Kier molecular flexibility index (Phi) is 6.04. The minimum absolute atomic E-state index is 0.0841. The molecule has 33 heavy (non-hydrogen) atoms. The smallest absolute Gasteiger partial charge is 0.172 e. The number of hydrogen-bond acceptors (Lipinski definition) is 8. The Morgan fingerprint density at radius 2 is 2.06 bits per heavy atom. The minimum Gasteiger partial charge on any atom is -0.512 e. The van der Waals surface area contributed by atoms with Gasteiger partial charge >= 0.3 is 0 Å². The number of rotatable bonds is 6. The lowest BCUT2D eigenvalue weighted by Gasteiger charge is -2.49. The van der Waals surface area contributed by atoms with Gasteiger partial charge in [-0.25, -0.2) is 4.39 Å². The quantitative estimate of drug-likeness (QED) is 0.525. The summed E-state index contributed by atoms with van der Waals surface area (Å²) in [5, 5.41) is 30.7. The molecule has 10 heteroatoms. The van der Waals surface area contributed by atoms with Gasteiger partial charge in [0.15, 0.2) is 11.6 Å².